The van der Waals surface area contributed by atoms with E-state index in [0.717, 1.165) is 24.8 Å². The monoisotopic (exact) mass is 404 g/mol. The fourth-order valence-corrected chi connectivity index (χ4v) is 2.97. The Hall–Kier alpha value is -3.01. The number of benzene rings is 1. The van der Waals surface area contributed by atoms with E-state index in [-0.39, 0.29) is 19.0 Å². The first-order valence-electron chi connectivity index (χ1n) is 9.73. The van der Waals surface area contributed by atoms with Crippen LogP contribution in [0.3, 0.4) is 0 Å². The van der Waals surface area contributed by atoms with Gasteiger partial charge in [0, 0.05) is 11.6 Å². The Morgan fingerprint density at radius 2 is 2.03 bits per heavy atom. The second kappa shape index (κ2) is 10.5. The number of hydrogen-bond acceptors (Lipinski definition) is 6. The summed E-state index contributed by atoms with van der Waals surface area (Å²) >= 11 is 0. The molecule has 0 aliphatic heterocycles. The van der Waals surface area contributed by atoms with Crippen LogP contribution in [0.5, 0.6) is 0 Å². The van der Waals surface area contributed by atoms with Crippen molar-refractivity contribution in [2.45, 2.75) is 52.5 Å². The molecule has 10 nitrogen and oxygen atoms in total. The van der Waals surface area contributed by atoms with Crippen molar-refractivity contribution in [2.75, 3.05) is 6.54 Å². The summed E-state index contributed by atoms with van der Waals surface area (Å²) in [4.78, 5) is 35.5. The third-order valence-electron chi connectivity index (χ3n) is 4.58. The van der Waals surface area contributed by atoms with Crippen molar-refractivity contribution in [1.29, 1.82) is 0 Å². The molecule has 1 atom stereocenters. The van der Waals surface area contributed by atoms with E-state index in [2.05, 4.69) is 21.2 Å². The van der Waals surface area contributed by atoms with Gasteiger partial charge < -0.3 is 0 Å². The lowest BCUT2D eigenvalue weighted by Gasteiger charge is -2.19. The molecular formula is C19H28N6O4. The number of nitrogens with zero attached hydrogens (tertiary/aromatic N) is 4. The number of hydroxylamine groups is 2. The second-order valence-electron chi connectivity index (χ2n) is 7.19. The van der Waals surface area contributed by atoms with Crippen LogP contribution in [0, 0.1) is 5.92 Å². The van der Waals surface area contributed by atoms with Crippen LogP contribution in [0.2, 0.25) is 0 Å². The number of aromatic nitrogens is 3. The maximum atomic E-state index is 12.4. The second-order valence-corrected chi connectivity index (χ2v) is 7.19. The Morgan fingerprint density at radius 1 is 1.28 bits per heavy atom. The molecule has 1 heterocycles. The van der Waals surface area contributed by atoms with Crippen LogP contribution in [0.25, 0.3) is 11.0 Å². The van der Waals surface area contributed by atoms with E-state index in [4.69, 9.17) is 0 Å². The quantitative estimate of drug-likeness (QED) is 0.240. The van der Waals surface area contributed by atoms with Gasteiger partial charge in [-0.25, -0.2) is 9.75 Å². The number of carbonyl (C=O) groups excluding carboxylic acids is 3. The lowest BCUT2D eigenvalue weighted by molar-refractivity contribution is -0.154. The van der Waals surface area contributed by atoms with E-state index in [0.29, 0.717) is 22.6 Å². The molecule has 1 aromatic heterocycles. The van der Waals surface area contributed by atoms with E-state index in [9.17, 15) is 19.6 Å². The molecule has 0 saturated heterocycles. The third kappa shape index (κ3) is 5.98. The van der Waals surface area contributed by atoms with Crippen LogP contribution in [0.15, 0.2) is 18.2 Å². The molecule has 1 aromatic carbocycles. The van der Waals surface area contributed by atoms with Gasteiger partial charge in [-0.1, -0.05) is 31.4 Å². The molecule has 2 rings (SSSR count). The van der Waals surface area contributed by atoms with Crippen LogP contribution in [-0.4, -0.2) is 50.0 Å². The molecular weight excluding hydrogens is 376 g/mol. The number of unbranched alkanes of at least 4 members (excludes halogenated alkanes) is 2. The summed E-state index contributed by atoms with van der Waals surface area (Å²) in [6.07, 6.45) is 3.42. The van der Waals surface area contributed by atoms with Crippen molar-refractivity contribution < 1.29 is 19.6 Å². The molecule has 0 aliphatic carbocycles. The van der Waals surface area contributed by atoms with E-state index in [1.807, 2.05) is 20.8 Å². The summed E-state index contributed by atoms with van der Waals surface area (Å²) in [5.41, 5.74) is 6.47. The van der Waals surface area contributed by atoms with Crippen molar-refractivity contribution in [3.8, 4) is 0 Å². The predicted octanol–water partition coefficient (Wildman–Crippen LogP) is 1.82. The zero-order valence-corrected chi connectivity index (χ0v) is 17.0. The lowest BCUT2D eigenvalue weighted by Crippen LogP contribution is -2.46. The normalized spacial score (nSPS) is 12.0. The van der Waals surface area contributed by atoms with Crippen LogP contribution in [0.4, 0.5) is 0 Å². The molecule has 0 radical (unpaired) electrons. The first kappa shape index (κ1) is 22.3. The largest absolute Gasteiger partial charge is 0.286 e. The van der Waals surface area contributed by atoms with Crippen molar-refractivity contribution in [3.05, 3.63) is 23.8 Å². The van der Waals surface area contributed by atoms with E-state index < -0.39 is 17.7 Å². The van der Waals surface area contributed by atoms with E-state index in [1.165, 1.54) is 0 Å². The van der Waals surface area contributed by atoms with Crippen molar-refractivity contribution >= 4 is 29.3 Å². The summed E-state index contributed by atoms with van der Waals surface area (Å²) in [7, 11) is 0. The fraction of sp³-hybridized carbons (Fsp3) is 0.526. The highest BCUT2D eigenvalue weighted by molar-refractivity contribution is 5.98. The maximum Gasteiger partial charge on any atom is 0.269 e. The van der Waals surface area contributed by atoms with Gasteiger partial charge in [0.2, 0.25) is 12.3 Å². The van der Waals surface area contributed by atoms with Crippen LogP contribution >= 0.6 is 0 Å². The Labute approximate surface area is 169 Å². The highest BCUT2D eigenvalue weighted by Crippen LogP contribution is 2.17. The van der Waals surface area contributed by atoms with Crippen LogP contribution in [0.1, 0.15) is 62.9 Å². The Kier molecular flexibility index (Phi) is 8.08. The van der Waals surface area contributed by atoms with Gasteiger partial charge in [-0.3, -0.25) is 30.4 Å². The Morgan fingerprint density at radius 3 is 2.69 bits per heavy atom. The van der Waals surface area contributed by atoms with Gasteiger partial charge in [-0.2, -0.15) is 0 Å². The highest BCUT2D eigenvalue weighted by Gasteiger charge is 2.21. The molecule has 29 heavy (non-hydrogen) atoms. The highest BCUT2D eigenvalue weighted by atomic mass is 16.5. The van der Waals surface area contributed by atoms with Crippen molar-refractivity contribution in [2.24, 2.45) is 5.92 Å². The number of amides is 3. The number of rotatable bonds is 10. The predicted molar refractivity (Wildman–Crippen MR) is 106 cm³/mol. The summed E-state index contributed by atoms with van der Waals surface area (Å²) in [6, 6.07) is 5.13. The smallest absolute Gasteiger partial charge is 0.269 e. The summed E-state index contributed by atoms with van der Waals surface area (Å²) in [5.74, 6) is -1.60. The topological polar surface area (TPSA) is 129 Å². The molecule has 3 N–H and O–H groups in total. The molecule has 10 heteroatoms. The van der Waals surface area contributed by atoms with Gasteiger partial charge in [-0.05, 0) is 38.5 Å². The van der Waals surface area contributed by atoms with Crippen molar-refractivity contribution in [1.82, 2.24) is 30.9 Å². The molecule has 3 amide bonds. The van der Waals surface area contributed by atoms with Gasteiger partial charge >= 0.3 is 0 Å². The summed E-state index contributed by atoms with van der Waals surface area (Å²) < 4.78 is 1.76. The standard InChI is InChI=1S/C19H28N6O4/c1-4-5-6-7-15(11-24(29)12-26)19(28)22-21-18(27)14-8-9-17-16(10-14)20-23-25(17)13(2)3/h8-10,12-13,15,29H,4-7,11H2,1-3H3,(H,21,27)(H,22,28)/t15-/m1/s1. The number of hydrogen-bond donors (Lipinski definition) is 3. The molecule has 0 bridgehead atoms. The zero-order chi connectivity index (χ0) is 21.4. The first-order chi connectivity index (χ1) is 13.9. The minimum Gasteiger partial charge on any atom is -0.286 e. The van der Waals surface area contributed by atoms with Crippen molar-refractivity contribution in [3.63, 3.8) is 0 Å². The summed E-state index contributed by atoms with van der Waals surface area (Å²) in [6.45, 7) is 5.87. The molecule has 0 unspecified atom stereocenters. The Bertz CT molecular complexity index is 850. The SMILES string of the molecule is CCCCC[C@H](CN(O)C=O)C(=O)NNC(=O)c1ccc2c(c1)nnn2C(C)C. The maximum absolute atomic E-state index is 12.4. The Balaban J connectivity index is 2.00. The van der Waals surface area contributed by atoms with Crippen LogP contribution in [-0.2, 0) is 9.59 Å². The van der Waals surface area contributed by atoms with Gasteiger partial charge in [-0.15, -0.1) is 5.10 Å². The minimum absolute atomic E-state index is 0.140. The number of nitrogens with one attached hydrogen (secondary N) is 2. The first-order valence-corrected chi connectivity index (χ1v) is 9.73. The van der Waals surface area contributed by atoms with Gasteiger partial charge in [0.1, 0.15) is 5.52 Å². The lowest BCUT2D eigenvalue weighted by atomic mass is 10.0. The number of hydrazine groups is 1. The average molecular weight is 404 g/mol. The molecule has 0 fully saturated rings. The molecule has 2 aromatic rings. The van der Waals surface area contributed by atoms with Gasteiger partial charge in [0.15, 0.2) is 0 Å². The zero-order valence-electron chi connectivity index (χ0n) is 17.0. The van der Waals surface area contributed by atoms with Crippen LogP contribution < -0.4 is 10.9 Å². The molecule has 0 spiro atoms. The van der Waals surface area contributed by atoms with Gasteiger partial charge in [0.05, 0.1) is 18.0 Å². The number of carbonyl (C=O) groups is 3. The number of fused-ring (bicyclic) bond motifs is 1. The minimum atomic E-state index is -0.634. The molecule has 158 valence electrons. The average Bonchev–Trinajstić information content (AvgIpc) is 3.14. The van der Waals surface area contributed by atoms with E-state index in [1.54, 1.807) is 22.9 Å². The third-order valence-corrected chi connectivity index (χ3v) is 4.58. The van der Waals surface area contributed by atoms with Gasteiger partial charge in [0.25, 0.3) is 5.91 Å². The molecule has 0 saturated carbocycles. The van der Waals surface area contributed by atoms with E-state index >= 15 is 0 Å². The summed E-state index contributed by atoms with van der Waals surface area (Å²) in [5, 5.41) is 18.0. The molecule has 0 aliphatic rings. The fourth-order valence-electron chi connectivity index (χ4n) is 2.97.